The summed E-state index contributed by atoms with van der Waals surface area (Å²) in [5.41, 5.74) is 6.08. The van der Waals surface area contributed by atoms with Gasteiger partial charge in [0.05, 0.1) is 0 Å². The summed E-state index contributed by atoms with van der Waals surface area (Å²) >= 11 is 0. The first-order valence-corrected chi connectivity index (χ1v) is 7.11. The number of nitrogens with two attached hydrogens (primary N) is 1. The van der Waals surface area contributed by atoms with Crippen molar-refractivity contribution in [3.05, 3.63) is 0 Å². The van der Waals surface area contributed by atoms with E-state index < -0.39 is 0 Å². The third-order valence-corrected chi connectivity index (χ3v) is 4.21. The Kier molecular flexibility index (Phi) is 5.90. The summed E-state index contributed by atoms with van der Waals surface area (Å²) in [5, 5.41) is 0. The van der Waals surface area contributed by atoms with Crippen molar-refractivity contribution in [2.75, 3.05) is 39.8 Å². The molecule has 2 N–H and O–H groups in total. The maximum absolute atomic E-state index is 5.77. The van der Waals surface area contributed by atoms with E-state index in [0.29, 0.717) is 5.41 Å². The zero-order valence-electron chi connectivity index (χ0n) is 12.2. The SMILES string of the molecule is CCC1CN(CCCC(C)(C)CN)CCN1C. The zero-order chi connectivity index (χ0) is 12.9. The van der Waals surface area contributed by atoms with Crippen LogP contribution >= 0.6 is 0 Å². The summed E-state index contributed by atoms with van der Waals surface area (Å²) in [6, 6.07) is 0.756. The van der Waals surface area contributed by atoms with Gasteiger partial charge in [0.25, 0.3) is 0 Å². The molecule has 1 heterocycles. The molecule has 0 aromatic carbocycles. The molecule has 0 bridgehead atoms. The highest BCUT2D eigenvalue weighted by Gasteiger charge is 2.23. The van der Waals surface area contributed by atoms with E-state index >= 15 is 0 Å². The Morgan fingerprint density at radius 1 is 1.29 bits per heavy atom. The Labute approximate surface area is 107 Å². The lowest BCUT2D eigenvalue weighted by Crippen LogP contribution is -2.51. The lowest BCUT2D eigenvalue weighted by atomic mass is 9.88. The molecule has 17 heavy (non-hydrogen) atoms. The van der Waals surface area contributed by atoms with Crippen molar-refractivity contribution in [2.24, 2.45) is 11.1 Å². The van der Waals surface area contributed by atoms with E-state index in [2.05, 4.69) is 37.6 Å². The molecular formula is C14H31N3. The van der Waals surface area contributed by atoms with Crippen LogP contribution in [0.25, 0.3) is 0 Å². The summed E-state index contributed by atoms with van der Waals surface area (Å²) in [7, 11) is 2.25. The highest BCUT2D eigenvalue weighted by atomic mass is 15.3. The molecule has 1 unspecified atom stereocenters. The summed E-state index contributed by atoms with van der Waals surface area (Å²) in [4.78, 5) is 5.13. The number of hydrogen-bond acceptors (Lipinski definition) is 3. The molecule has 1 atom stereocenters. The van der Waals surface area contributed by atoms with Crippen LogP contribution in [0.1, 0.15) is 40.0 Å². The molecule has 1 aliphatic rings. The third-order valence-electron chi connectivity index (χ3n) is 4.21. The van der Waals surface area contributed by atoms with Gasteiger partial charge in [0, 0.05) is 25.7 Å². The predicted octanol–water partition coefficient (Wildman–Crippen LogP) is 1.78. The Morgan fingerprint density at radius 3 is 2.59 bits per heavy atom. The van der Waals surface area contributed by atoms with Gasteiger partial charge in [0.15, 0.2) is 0 Å². The molecule has 1 fully saturated rings. The van der Waals surface area contributed by atoms with Crippen LogP contribution in [0.5, 0.6) is 0 Å². The zero-order valence-corrected chi connectivity index (χ0v) is 12.2. The molecule has 3 nitrogen and oxygen atoms in total. The summed E-state index contributed by atoms with van der Waals surface area (Å²) in [6.07, 6.45) is 3.79. The van der Waals surface area contributed by atoms with Crippen molar-refractivity contribution in [3.8, 4) is 0 Å². The molecule has 102 valence electrons. The minimum absolute atomic E-state index is 0.316. The van der Waals surface area contributed by atoms with Gasteiger partial charge in [-0.2, -0.15) is 0 Å². The minimum Gasteiger partial charge on any atom is -0.330 e. The van der Waals surface area contributed by atoms with Crippen molar-refractivity contribution in [1.29, 1.82) is 0 Å². The summed E-state index contributed by atoms with van der Waals surface area (Å²) in [6.45, 7) is 12.6. The lowest BCUT2D eigenvalue weighted by Gasteiger charge is -2.39. The molecule has 1 aliphatic heterocycles. The number of likely N-dealkylation sites (N-methyl/N-ethyl adjacent to an activating group) is 1. The van der Waals surface area contributed by atoms with Crippen LogP contribution in [0, 0.1) is 5.41 Å². The number of nitrogens with zero attached hydrogens (tertiary/aromatic N) is 2. The monoisotopic (exact) mass is 241 g/mol. The Morgan fingerprint density at radius 2 is 2.00 bits per heavy atom. The van der Waals surface area contributed by atoms with Crippen molar-refractivity contribution < 1.29 is 0 Å². The average Bonchev–Trinajstić information content (AvgIpc) is 2.31. The first-order valence-electron chi connectivity index (χ1n) is 7.11. The van der Waals surface area contributed by atoms with E-state index in [4.69, 9.17) is 5.73 Å². The van der Waals surface area contributed by atoms with E-state index in [1.807, 2.05) is 0 Å². The molecule has 0 aliphatic carbocycles. The fourth-order valence-electron chi connectivity index (χ4n) is 2.54. The normalized spacial score (nSPS) is 24.2. The van der Waals surface area contributed by atoms with Gasteiger partial charge in [-0.05, 0) is 44.8 Å². The van der Waals surface area contributed by atoms with Gasteiger partial charge < -0.3 is 15.5 Å². The van der Waals surface area contributed by atoms with Crippen LogP contribution in [0.3, 0.4) is 0 Å². The summed E-state index contributed by atoms with van der Waals surface area (Å²) in [5.74, 6) is 0. The molecular weight excluding hydrogens is 210 g/mol. The van der Waals surface area contributed by atoms with E-state index in [1.54, 1.807) is 0 Å². The highest BCUT2D eigenvalue weighted by molar-refractivity contribution is 4.79. The topological polar surface area (TPSA) is 32.5 Å². The van der Waals surface area contributed by atoms with Crippen molar-refractivity contribution >= 4 is 0 Å². The van der Waals surface area contributed by atoms with E-state index in [-0.39, 0.29) is 0 Å². The largest absolute Gasteiger partial charge is 0.330 e. The fourth-order valence-corrected chi connectivity index (χ4v) is 2.54. The van der Waals surface area contributed by atoms with E-state index in [1.165, 1.54) is 45.4 Å². The fraction of sp³-hybridized carbons (Fsp3) is 1.00. The molecule has 1 rings (SSSR count). The van der Waals surface area contributed by atoms with Gasteiger partial charge in [-0.25, -0.2) is 0 Å². The van der Waals surface area contributed by atoms with Crippen molar-refractivity contribution in [3.63, 3.8) is 0 Å². The van der Waals surface area contributed by atoms with E-state index in [0.717, 1.165) is 12.6 Å². The number of rotatable bonds is 6. The maximum Gasteiger partial charge on any atom is 0.0218 e. The molecule has 0 aromatic heterocycles. The summed E-state index contributed by atoms with van der Waals surface area (Å²) < 4.78 is 0. The van der Waals surface area contributed by atoms with Gasteiger partial charge in [-0.15, -0.1) is 0 Å². The van der Waals surface area contributed by atoms with Crippen molar-refractivity contribution in [2.45, 2.75) is 46.1 Å². The van der Waals surface area contributed by atoms with Crippen LogP contribution in [0.15, 0.2) is 0 Å². The van der Waals surface area contributed by atoms with Gasteiger partial charge >= 0.3 is 0 Å². The van der Waals surface area contributed by atoms with Crippen LogP contribution in [0.4, 0.5) is 0 Å². The Balaban J connectivity index is 2.24. The van der Waals surface area contributed by atoms with Crippen LogP contribution < -0.4 is 5.73 Å². The molecule has 0 radical (unpaired) electrons. The standard InChI is InChI=1S/C14H31N3/c1-5-13-11-17(10-9-16(13)4)8-6-7-14(2,3)12-15/h13H,5-12,15H2,1-4H3. The molecule has 0 aromatic rings. The predicted molar refractivity (Wildman–Crippen MR) is 75.2 cm³/mol. The first-order chi connectivity index (χ1) is 7.98. The molecule has 0 amide bonds. The quantitative estimate of drug-likeness (QED) is 0.769. The number of hydrogen-bond donors (Lipinski definition) is 1. The molecule has 0 saturated carbocycles. The molecule has 3 heteroatoms. The second-order valence-electron chi connectivity index (χ2n) is 6.32. The number of piperazine rings is 1. The van der Waals surface area contributed by atoms with Gasteiger partial charge in [-0.1, -0.05) is 20.8 Å². The van der Waals surface area contributed by atoms with Crippen LogP contribution in [0.2, 0.25) is 0 Å². The van der Waals surface area contributed by atoms with Gasteiger partial charge in [-0.3, -0.25) is 0 Å². The maximum atomic E-state index is 5.77. The minimum atomic E-state index is 0.316. The smallest absolute Gasteiger partial charge is 0.0218 e. The van der Waals surface area contributed by atoms with Crippen LogP contribution in [-0.4, -0.2) is 55.6 Å². The lowest BCUT2D eigenvalue weighted by molar-refractivity contribution is 0.0897. The van der Waals surface area contributed by atoms with Gasteiger partial charge in [0.2, 0.25) is 0 Å². The third kappa shape index (κ3) is 4.94. The second-order valence-corrected chi connectivity index (χ2v) is 6.32. The van der Waals surface area contributed by atoms with Crippen LogP contribution in [-0.2, 0) is 0 Å². The average molecular weight is 241 g/mol. The Bertz CT molecular complexity index is 216. The molecule has 0 spiro atoms. The van der Waals surface area contributed by atoms with E-state index in [9.17, 15) is 0 Å². The second kappa shape index (κ2) is 6.72. The Hall–Kier alpha value is -0.120. The molecule has 1 saturated heterocycles. The highest BCUT2D eigenvalue weighted by Crippen LogP contribution is 2.21. The van der Waals surface area contributed by atoms with Crippen molar-refractivity contribution in [1.82, 2.24) is 9.80 Å². The first kappa shape index (κ1) is 14.9. The van der Waals surface area contributed by atoms with Gasteiger partial charge in [0.1, 0.15) is 0 Å².